The van der Waals surface area contributed by atoms with E-state index in [0.29, 0.717) is 6.54 Å². The number of Topliss-reactive ketones (excluding diaryl/α,β-unsaturated/α-hetero) is 1. The Bertz CT molecular complexity index is 437. The molecule has 0 amide bonds. The van der Waals surface area contributed by atoms with Crippen LogP contribution in [0.1, 0.15) is 11.5 Å². The number of benzene rings is 1. The van der Waals surface area contributed by atoms with Crippen LogP contribution in [-0.2, 0) is 4.79 Å². The molecule has 3 nitrogen and oxygen atoms in total. The first kappa shape index (κ1) is 7.88. The minimum Gasteiger partial charge on any atom is -0.305 e. The fourth-order valence-corrected chi connectivity index (χ4v) is 2.15. The predicted octanol–water partition coefficient (Wildman–Crippen LogP) is 1.03. The smallest absolute Gasteiger partial charge is 0.159 e. The van der Waals surface area contributed by atoms with E-state index in [-0.39, 0.29) is 11.7 Å². The van der Waals surface area contributed by atoms with Gasteiger partial charge in [-0.25, -0.2) is 0 Å². The number of piperidine rings is 1. The number of hydrogen-bond acceptors (Lipinski definition) is 3. The Balaban J connectivity index is 2.15. The second-order valence-corrected chi connectivity index (χ2v) is 3.66. The topological polar surface area (TPSA) is 41.5 Å². The normalized spacial score (nSPS) is 24.1. The molecule has 2 heterocycles. The molecule has 0 aliphatic carbocycles. The van der Waals surface area contributed by atoms with Crippen molar-refractivity contribution < 1.29 is 4.79 Å². The molecule has 1 atom stereocenters. The number of para-hydroxylation sites is 1. The lowest BCUT2D eigenvalue weighted by molar-refractivity contribution is -0.118. The van der Waals surface area contributed by atoms with Crippen molar-refractivity contribution in [2.45, 2.75) is 5.92 Å². The summed E-state index contributed by atoms with van der Waals surface area (Å²) >= 11 is 0. The summed E-state index contributed by atoms with van der Waals surface area (Å²) in [6, 6.07) is 7.89. The molecule has 1 N–H and O–H groups in total. The van der Waals surface area contributed by atoms with Gasteiger partial charge in [-0.3, -0.25) is 9.79 Å². The van der Waals surface area contributed by atoms with E-state index < -0.39 is 0 Å². The van der Waals surface area contributed by atoms with E-state index in [2.05, 4.69) is 10.3 Å². The summed E-state index contributed by atoms with van der Waals surface area (Å²) in [6.45, 7) is 1.21. The first-order chi connectivity index (χ1) is 6.86. The molecule has 1 unspecified atom stereocenters. The first-order valence-electron chi connectivity index (χ1n) is 4.76. The van der Waals surface area contributed by atoms with Gasteiger partial charge in [-0.15, -0.1) is 0 Å². The molecule has 2 aliphatic rings. The van der Waals surface area contributed by atoms with Crippen molar-refractivity contribution in [3.05, 3.63) is 29.8 Å². The summed E-state index contributed by atoms with van der Waals surface area (Å²) in [6.07, 6.45) is 0. The molecule has 0 radical (unpaired) electrons. The standard InChI is InChI=1S/C11H10N2O/c14-10-6-12-5-9-11(10)7-3-1-2-4-8(7)13-9/h1-4,11-12H,5-6H2. The average molecular weight is 186 g/mol. The Hall–Kier alpha value is -1.48. The second kappa shape index (κ2) is 2.75. The van der Waals surface area contributed by atoms with Crippen molar-refractivity contribution >= 4 is 17.2 Å². The van der Waals surface area contributed by atoms with Crippen LogP contribution in [0, 0.1) is 0 Å². The number of nitrogens with zero attached hydrogens (tertiary/aromatic N) is 1. The van der Waals surface area contributed by atoms with E-state index in [1.165, 1.54) is 0 Å². The van der Waals surface area contributed by atoms with Gasteiger partial charge in [0.2, 0.25) is 0 Å². The highest BCUT2D eigenvalue weighted by Crippen LogP contribution is 2.36. The fraction of sp³-hybridized carbons (Fsp3) is 0.273. The molecule has 14 heavy (non-hydrogen) atoms. The molecule has 1 fully saturated rings. The lowest BCUT2D eigenvalue weighted by Crippen LogP contribution is -2.41. The quantitative estimate of drug-likeness (QED) is 0.657. The molecule has 0 saturated carbocycles. The number of nitrogens with one attached hydrogen (secondary N) is 1. The zero-order chi connectivity index (χ0) is 9.54. The molecule has 0 spiro atoms. The number of fused-ring (bicyclic) bond motifs is 3. The van der Waals surface area contributed by atoms with Crippen molar-refractivity contribution in [2.24, 2.45) is 4.99 Å². The molecular weight excluding hydrogens is 176 g/mol. The maximum absolute atomic E-state index is 11.7. The van der Waals surface area contributed by atoms with Crippen LogP contribution in [0.2, 0.25) is 0 Å². The van der Waals surface area contributed by atoms with Crippen molar-refractivity contribution in [3.63, 3.8) is 0 Å². The number of rotatable bonds is 0. The molecule has 2 aliphatic heterocycles. The van der Waals surface area contributed by atoms with Crippen LogP contribution in [0.15, 0.2) is 29.3 Å². The van der Waals surface area contributed by atoms with Crippen molar-refractivity contribution in [1.82, 2.24) is 5.32 Å². The predicted molar refractivity (Wildman–Crippen MR) is 54.2 cm³/mol. The maximum Gasteiger partial charge on any atom is 0.159 e. The number of ketones is 1. The van der Waals surface area contributed by atoms with E-state index in [0.717, 1.165) is 23.5 Å². The summed E-state index contributed by atoms with van der Waals surface area (Å²) < 4.78 is 0. The van der Waals surface area contributed by atoms with Crippen LogP contribution in [0.25, 0.3) is 0 Å². The zero-order valence-corrected chi connectivity index (χ0v) is 7.66. The van der Waals surface area contributed by atoms with Crippen LogP contribution >= 0.6 is 0 Å². The lowest BCUT2D eigenvalue weighted by Gasteiger charge is -2.19. The first-order valence-corrected chi connectivity index (χ1v) is 4.76. The third-order valence-corrected chi connectivity index (χ3v) is 2.77. The number of hydrogen-bond donors (Lipinski definition) is 1. The van der Waals surface area contributed by atoms with Crippen LogP contribution in [-0.4, -0.2) is 24.6 Å². The molecule has 0 aromatic heterocycles. The lowest BCUT2D eigenvalue weighted by atomic mass is 9.89. The molecule has 0 bridgehead atoms. The Morgan fingerprint density at radius 2 is 2.14 bits per heavy atom. The fourth-order valence-electron chi connectivity index (χ4n) is 2.15. The number of aliphatic imine (C=N–C) groups is 1. The van der Waals surface area contributed by atoms with Gasteiger partial charge in [-0.05, 0) is 11.6 Å². The summed E-state index contributed by atoms with van der Waals surface area (Å²) in [5.41, 5.74) is 3.01. The summed E-state index contributed by atoms with van der Waals surface area (Å²) in [5, 5.41) is 3.06. The highest BCUT2D eigenvalue weighted by molar-refractivity contribution is 6.17. The van der Waals surface area contributed by atoms with Gasteiger partial charge in [0.1, 0.15) is 0 Å². The van der Waals surface area contributed by atoms with Crippen molar-refractivity contribution in [2.75, 3.05) is 13.1 Å². The third kappa shape index (κ3) is 0.960. The minimum atomic E-state index is -0.0625. The summed E-state index contributed by atoms with van der Waals surface area (Å²) in [7, 11) is 0. The average Bonchev–Trinajstić information content (AvgIpc) is 2.57. The molecule has 3 heteroatoms. The summed E-state index contributed by atoms with van der Waals surface area (Å²) in [5.74, 6) is 0.174. The molecule has 1 aromatic rings. The number of carbonyl (C=O) groups excluding carboxylic acids is 1. The monoisotopic (exact) mass is 186 g/mol. The van der Waals surface area contributed by atoms with Crippen LogP contribution in [0.3, 0.4) is 0 Å². The van der Waals surface area contributed by atoms with Gasteiger partial charge in [0.25, 0.3) is 0 Å². The van der Waals surface area contributed by atoms with Gasteiger partial charge in [0.15, 0.2) is 5.78 Å². The van der Waals surface area contributed by atoms with E-state index in [9.17, 15) is 4.79 Å². The Labute approximate surface area is 81.9 Å². The maximum atomic E-state index is 11.7. The van der Waals surface area contributed by atoms with Crippen molar-refractivity contribution in [3.8, 4) is 0 Å². The highest BCUT2D eigenvalue weighted by Gasteiger charge is 2.34. The Morgan fingerprint density at radius 3 is 3.07 bits per heavy atom. The van der Waals surface area contributed by atoms with Crippen LogP contribution in [0.5, 0.6) is 0 Å². The van der Waals surface area contributed by atoms with E-state index in [1.54, 1.807) is 0 Å². The molecule has 3 rings (SSSR count). The largest absolute Gasteiger partial charge is 0.305 e. The summed E-state index contributed by atoms with van der Waals surface area (Å²) in [4.78, 5) is 16.2. The van der Waals surface area contributed by atoms with Gasteiger partial charge in [-0.2, -0.15) is 0 Å². The van der Waals surface area contributed by atoms with E-state index in [1.807, 2.05) is 24.3 Å². The molecule has 1 aromatic carbocycles. The van der Waals surface area contributed by atoms with Gasteiger partial charge >= 0.3 is 0 Å². The Morgan fingerprint density at radius 1 is 1.29 bits per heavy atom. The van der Waals surface area contributed by atoms with Gasteiger partial charge in [-0.1, -0.05) is 18.2 Å². The highest BCUT2D eigenvalue weighted by atomic mass is 16.1. The van der Waals surface area contributed by atoms with Crippen molar-refractivity contribution in [1.29, 1.82) is 0 Å². The second-order valence-electron chi connectivity index (χ2n) is 3.66. The third-order valence-electron chi connectivity index (χ3n) is 2.77. The minimum absolute atomic E-state index is 0.0625. The van der Waals surface area contributed by atoms with Crippen LogP contribution in [0.4, 0.5) is 5.69 Å². The Kier molecular flexibility index (Phi) is 1.55. The molecular formula is C11H10N2O. The SMILES string of the molecule is O=C1CNCC2=Nc3ccccc3C12. The van der Waals surface area contributed by atoms with Gasteiger partial charge in [0.05, 0.1) is 18.2 Å². The van der Waals surface area contributed by atoms with Gasteiger partial charge < -0.3 is 5.32 Å². The van der Waals surface area contributed by atoms with Crippen LogP contribution < -0.4 is 5.32 Å². The number of carbonyl (C=O) groups is 1. The molecule has 1 saturated heterocycles. The molecule has 70 valence electrons. The van der Waals surface area contributed by atoms with E-state index >= 15 is 0 Å². The van der Waals surface area contributed by atoms with E-state index in [4.69, 9.17) is 0 Å². The zero-order valence-electron chi connectivity index (χ0n) is 7.66. The van der Waals surface area contributed by atoms with Gasteiger partial charge in [0, 0.05) is 12.3 Å².